The number of nitrogens with zero attached hydrogens (tertiary/aromatic N) is 2. The molecule has 2 aromatic carbocycles. The van der Waals surface area contributed by atoms with Gasteiger partial charge >= 0.3 is 0 Å². The smallest absolute Gasteiger partial charge is 0.275 e. The van der Waals surface area contributed by atoms with E-state index in [-0.39, 0.29) is 16.4 Å². The maximum absolute atomic E-state index is 12.8. The largest absolute Gasteiger partial charge is 0.285 e. The molecule has 0 atom stereocenters. The second-order valence-electron chi connectivity index (χ2n) is 7.92. The minimum absolute atomic E-state index is 0.0724. The van der Waals surface area contributed by atoms with Crippen LogP contribution in [-0.2, 0) is 23.5 Å². The van der Waals surface area contributed by atoms with Gasteiger partial charge in [-0.25, -0.2) is 17.8 Å². The zero-order valence-corrected chi connectivity index (χ0v) is 19.0. The Bertz CT molecular complexity index is 1190. The Hall–Kier alpha value is -2.64. The molecule has 0 amide bonds. The molecule has 0 aliphatic heterocycles. The molecule has 0 saturated heterocycles. The molecule has 3 rings (SSSR count). The monoisotopic (exact) mass is 427 g/mol. The van der Waals surface area contributed by atoms with Gasteiger partial charge in [-0.2, -0.15) is 0 Å². The molecule has 0 aliphatic carbocycles. The Morgan fingerprint density at radius 1 is 0.967 bits per heavy atom. The van der Waals surface area contributed by atoms with Crippen molar-refractivity contribution in [1.29, 1.82) is 0 Å². The fraction of sp³-hybridized carbons (Fsp3) is 0.348. The number of hydrogen-bond acceptors (Lipinski definition) is 3. The maximum atomic E-state index is 12.8. The summed E-state index contributed by atoms with van der Waals surface area (Å²) in [4.78, 5) is 13.0. The molecule has 6 nitrogen and oxygen atoms in total. The highest BCUT2D eigenvalue weighted by Crippen LogP contribution is 2.19. The lowest BCUT2D eigenvalue weighted by molar-refractivity contribution is 0.581. The molecular formula is C23H29N3O3S. The number of nitrogens with one attached hydrogen (secondary N) is 1. The highest BCUT2D eigenvalue weighted by molar-refractivity contribution is 7.89. The van der Waals surface area contributed by atoms with Crippen LogP contribution in [0.25, 0.3) is 5.69 Å². The van der Waals surface area contributed by atoms with Crippen LogP contribution in [0.1, 0.15) is 42.1 Å². The third-order valence-electron chi connectivity index (χ3n) is 5.39. The molecule has 1 heterocycles. The summed E-state index contributed by atoms with van der Waals surface area (Å²) in [6.07, 6.45) is 0.619. The van der Waals surface area contributed by atoms with Crippen LogP contribution in [0.4, 0.5) is 0 Å². The first-order valence-corrected chi connectivity index (χ1v) is 11.5. The average molecular weight is 428 g/mol. The van der Waals surface area contributed by atoms with E-state index in [4.69, 9.17) is 0 Å². The summed E-state index contributed by atoms with van der Waals surface area (Å²) in [6, 6.07) is 14.4. The van der Waals surface area contributed by atoms with Gasteiger partial charge in [-0.1, -0.05) is 43.7 Å². The summed E-state index contributed by atoms with van der Waals surface area (Å²) in [5.74, 6) is 0.113. The van der Waals surface area contributed by atoms with Gasteiger partial charge in [0.05, 0.1) is 10.6 Å². The third-order valence-corrected chi connectivity index (χ3v) is 6.87. The predicted molar refractivity (Wildman–Crippen MR) is 120 cm³/mol. The van der Waals surface area contributed by atoms with Crippen LogP contribution >= 0.6 is 0 Å². The van der Waals surface area contributed by atoms with E-state index in [9.17, 15) is 13.2 Å². The lowest BCUT2D eigenvalue weighted by atomic mass is 10.0. The Kier molecular flexibility index (Phi) is 6.33. The van der Waals surface area contributed by atoms with Crippen molar-refractivity contribution >= 4 is 10.0 Å². The summed E-state index contributed by atoms with van der Waals surface area (Å²) in [5.41, 5.74) is 4.50. The van der Waals surface area contributed by atoms with Crippen molar-refractivity contribution in [3.05, 3.63) is 81.3 Å². The van der Waals surface area contributed by atoms with E-state index >= 15 is 0 Å². The fourth-order valence-electron chi connectivity index (χ4n) is 3.62. The van der Waals surface area contributed by atoms with Gasteiger partial charge < -0.3 is 0 Å². The van der Waals surface area contributed by atoms with Gasteiger partial charge in [-0.15, -0.1) is 0 Å². The fourth-order valence-corrected chi connectivity index (χ4v) is 4.65. The summed E-state index contributed by atoms with van der Waals surface area (Å²) in [6.45, 7) is 8.24. The van der Waals surface area contributed by atoms with Crippen LogP contribution in [-0.4, -0.2) is 24.3 Å². The molecule has 30 heavy (non-hydrogen) atoms. The van der Waals surface area contributed by atoms with Crippen LogP contribution < -0.4 is 10.3 Å². The number of aryl methyl sites for hydroxylation is 1. The lowest BCUT2D eigenvalue weighted by Crippen LogP contribution is -2.26. The second kappa shape index (κ2) is 8.62. The molecule has 1 N–H and O–H groups in total. The van der Waals surface area contributed by atoms with Crippen LogP contribution in [0.3, 0.4) is 0 Å². The molecule has 3 aromatic rings. The van der Waals surface area contributed by atoms with Crippen LogP contribution in [0.15, 0.2) is 58.2 Å². The normalized spacial score (nSPS) is 11.9. The first kappa shape index (κ1) is 22.1. The van der Waals surface area contributed by atoms with E-state index in [1.807, 2.05) is 59.0 Å². The molecule has 0 aliphatic rings. The lowest BCUT2D eigenvalue weighted by Gasteiger charge is -2.10. The molecular weight excluding hydrogens is 398 g/mol. The van der Waals surface area contributed by atoms with Crippen molar-refractivity contribution < 1.29 is 8.42 Å². The summed E-state index contributed by atoms with van der Waals surface area (Å²) >= 11 is 0. The van der Waals surface area contributed by atoms with Gasteiger partial charge in [-0.05, 0) is 56.0 Å². The highest BCUT2D eigenvalue weighted by Gasteiger charge is 2.19. The standard InChI is InChI=1S/C23H29N3O3S/c1-16(2)22-18(4)25(5)26(23(22)27)20-10-12-21(13-11-20)30(28,29)24-15-14-19-8-6-17(3)7-9-19/h6-13,16,24H,14-15H2,1-5H3. The topological polar surface area (TPSA) is 73.1 Å². The number of hydrogen-bond donors (Lipinski definition) is 1. The molecule has 7 heteroatoms. The molecule has 0 fully saturated rings. The van der Waals surface area contributed by atoms with Crippen molar-refractivity contribution in [1.82, 2.24) is 14.1 Å². The molecule has 160 valence electrons. The van der Waals surface area contributed by atoms with E-state index in [0.29, 0.717) is 18.7 Å². The number of aromatic nitrogens is 2. The Morgan fingerprint density at radius 3 is 2.10 bits per heavy atom. The Balaban J connectivity index is 1.77. The number of sulfonamides is 1. The van der Waals surface area contributed by atoms with E-state index in [1.54, 1.807) is 21.5 Å². The first-order valence-electron chi connectivity index (χ1n) is 10.1. The van der Waals surface area contributed by atoms with Crippen molar-refractivity contribution in [3.8, 4) is 5.69 Å². The summed E-state index contributed by atoms with van der Waals surface area (Å²) in [5, 5.41) is 0. The second-order valence-corrected chi connectivity index (χ2v) is 9.69. The maximum Gasteiger partial charge on any atom is 0.275 e. The summed E-state index contributed by atoms with van der Waals surface area (Å²) in [7, 11) is -1.79. The van der Waals surface area contributed by atoms with Gasteiger partial charge in [0.15, 0.2) is 0 Å². The predicted octanol–water partition coefficient (Wildman–Crippen LogP) is 3.44. The molecule has 0 unspecified atom stereocenters. The molecule has 0 bridgehead atoms. The van der Waals surface area contributed by atoms with Crippen molar-refractivity contribution in [3.63, 3.8) is 0 Å². The zero-order chi connectivity index (χ0) is 22.1. The van der Waals surface area contributed by atoms with E-state index in [0.717, 1.165) is 16.8 Å². The van der Waals surface area contributed by atoms with Crippen molar-refractivity contribution in [2.75, 3.05) is 6.54 Å². The third kappa shape index (κ3) is 4.42. The van der Waals surface area contributed by atoms with Crippen molar-refractivity contribution in [2.45, 2.75) is 44.9 Å². The van der Waals surface area contributed by atoms with Crippen molar-refractivity contribution in [2.24, 2.45) is 7.05 Å². The molecule has 0 radical (unpaired) electrons. The van der Waals surface area contributed by atoms with Crippen LogP contribution in [0.2, 0.25) is 0 Å². The summed E-state index contributed by atoms with van der Waals surface area (Å²) < 4.78 is 31.3. The minimum atomic E-state index is -3.62. The average Bonchev–Trinajstić information content (AvgIpc) is 2.92. The molecule has 0 spiro atoms. The minimum Gasteiger partial charge on any atom is -0.285 e. The Labute approximate surface area is 178 Å². The van der Waals surface area contributed by atoms with E-state index in [1.165, 1.54) is 17.7 Å². The van der Waals surface area contributed by atoms with Gasteiger partial charge in [0, 0.05) is 24.8 Å². The van der Waals surface area contributed by atoms with Crippen LogP contribution in [0.5, 0.6) is 0 Å². The van der Waals surface area contributed by atoms with Crippen LogP contribution in [0, 0.1) is 13.8 Å². The SMILES string of the molecule is Cc1ccc(CCNS(=O)(=O)c2ccc(-n3c(=O)c(C(C)C)c(C)n3C)cc2)cc1. The quantitative estimate of drug-likeness (QED) is 0.628. The Morgan fingerprint density at radius 2 is 1.57 bits per heavy atom. The van der Waals surface area contributed by atoms with E-state index in [2.05, 4.69) is 4.72 Å². The van der Waals surface area contributed by atoms with Gasteiger partial charge in [-0.3, -0.25) is 9.48 Å². The number of rotatable bonds is 7. The van der Waals surface area contributed by atoms with Gasteiger partial charge in [0.1, 0.15) is 0 Å². The first-order chi connectivity index (χ1) is 14.1. The van der Waals surface area contributed by atoms with Gasteiger partial charge in [0.25, 0.3) is 5.56 Å². The zero-order valence-electron chi connectivity index (χ0n) is 18.1. The van der Waals surface area contributed by atoms with E-state index < -0.39 is 10.0 Å². The number of benzene rings is 2. The molecule has 0 saturated carbocycles. The van der Waals surface area contributed by atoms with Gasteiger partial charge in [0.2, 0.25) is 10.0 Å². The highest BCUT2D eigenvalue weighted by atomic mass is 32.2. The molecule has 1 aromatic heterocycles.